The third-order valence-electron chi connectivity index (χ3n) is 2.50. The zero-order valence-electron chi connectivity index (χ0n) is 8.76. The second-order valence-electron chi connectivity index (χ2n) is 3.82. The lowest BCUT2D eigenvalue weighted by atomic mass is 10.1. The largest absolute Gasteiger partial charge is 0.351 e. The molecule has 2 rings (SSSR count). The molecule has 15 heavy (non-hydrogen) atoms. The van der Waals surface area contributed by atoms with Gasteiger partial charge < -0.3 is 10.6 Å². The summed E-state index contributed by atoms with van der Waals surface area (Å²) in [5.41, 5.74) is 0.980. The molecule has 0 unspecified atom stereocenters. The number of hydrogen-bond donors (Lipinski definition) is 2. The highest BCUT2D eigenvalue weighted by molar-refractivity contribution is 9.10. The number of nitrogens with one attached hydrogen (secondary N) is 2. The first-order valence-electron chi connectivity index (χ1n) is 5.22. The number of nitrogens with zero attached hydrogens (tertiary/aromatic N) is 2. The Morgan fingerprint density at radius 1 is 1.40 bits per heavy atom. The molecule has 1 aromatic rings. The van der Waals surface area contributed by atoms with E-state index in [-0.39, 0.29) is 0 Å². The molecule has 1 saturated heterocycles. The zero-order valence-corrected chi connectivity index (χ0v) is 10.3. The molecule has 2 heterocycles. The van der Waals surface area contributed by atoms with Crippen LogP contribution in [-0.2, 0) is 0 Å². The van der Waals surface area contributed by atoms with Crippen molar-refractivity contribution in [2.24, 2.45) is 0 Å². The second-order valence-corrected chi connectivity index (χ2v) is 4.64. The predicted octanol–water partition coefficient (Wildman–Crippen LogP) is 1.71. The van der Waals surface area contributed by atoms with E-state index in [0.717, 1.165) is 42.2 Å². The lowest BCUT2D eigenvalue weighted by Gasteiger charge is -2.23. The third kappa shape index (κ3) is 3.14. The van der Waals surface area contributed by atoms with E-state index in [1.54, 1.807) is 0 Å². The fraction of sp³-hybridized carbons (Fsp3) is 0.600. The van der Waals surface area contributed by atoms with E-state index in [4.69, 9.17) is 0 Å². The van der Waals surface area contributed by atoms with E-state index in [0.29, 0.717) is 6.04 Å². The van der Waals surface area contributed by atoms with Crippen molar-refractivity contribution in [2.75, 3.05) is 18.4 Å². The lowest BCUT2D eigenvalue weighted by molar-refractivity contribution is 0.477. The molecule has 1 fully saturated rings. The number of anilines is 1. The second kappa shape index (κ2) is 4.90. The Bertz CT molecular complexity index is 316. The fourth-order valence-electron chi connectivity index (χ4n) is 1.74. The maximum Gasteiger partial charge on any atom is 0.224 e. The van der Waals surface area contributed by atoms with E-state index >= 15 is 0 Å². The molecule has 1 aliphatic rings. The van der Waals surface area contributed by atoms with Crippen LogP contribution in [0.2, 0.25) is 0 Å². The molecule has 82 valence electrons. The van der Waals surface area contributed by atoms with Crippen LogP contribution in [0.25, 0.3) is 0 Å². The molecule has 1 aromatic heterocycles. The molecule has 0 aliphatic carbocycles. The Morgan fingerprint density at radius 2 is 2.13 bits per heavy atom. The summed E-state index contributed by atoms with van der Waals surface area (Å²) < 4.78 is 0.839. The van der Waals surface area contributed by atoms with Gasteiger partial charge in [-0.2, -0.15) is 0 Å². The van der Waals surface area contributed by atoms with Gasteiger partial charge in [0.2, 0.25) is 5.95 Å². The van der Waals surface area contributed by atoms with Crippen LogP contribution in [0, 0.1) is 6.92 Å². The van der Waals surface area contributed by atoms with Crippen LogP contribution in [0.3, 0.4) is 0 Å². The van der Waals surface area contributed by atoms with Crippen molar-refractivity contribution in [1.82, 2.24) is 15.3 Å². The van der Waals surface area contributed by atoms with Gasteiger partial charge in [0.25, 0.3) is 0 Å². The van der Waals surface area contributed by atoms with Gasteiger partial charge in [0, 0.05) is 11.7 Å². The van der Waals surface area contributed by atoms with Gasteiger partial charge in [-0.15, -0.1) is 0 Å². The number of aryl methyl sites for hydroxylation is 1. The van der Waals surface area contributed by atoms with Crippen LogP contribution in [0.5, 0.6) is 0 Å². The van der Waals surface area contributed by atoms with Gasteiger partial charge in [-0.05, 0) is 54.9 Å². The molecule has 4 nitrogen and oxygen atoms in total. The number of piperidine rings is 1. The quantitative estimate of drug-likeness (QED) is 0.804. The monoisotopic (exact) mass is 270 g/mol. The van der Waals surface area contributed by atoms with Crippen molar-refractivity contribution in [3.63, 3.8) is 0 Å². The van der Waals surface area contributed by atoms with Crippen LogP contribution < -0.4 is 10.6 Å². The summed E-state index contributed by atoms with van der Waals surface area (Å²) in [6.07, 6.45) is 2.27. The Hall–Kier alpha value is -0.680. The molecule has 0 spiro atoms. The summed E-state index contributed by atoms with van der Waals surface area (Å²) in [6.45, 7) is 4.12. The molecule has 2 N–H and O–H groups in total. The smallest absolute Gasteiger partial charge is 0.224 e. The van der Waals surface area contributed by atoms with Crippen LogP contribution >= 0.6 is 15.9 Å². The average molecular weight is 271 g/mol. The number of hydrogen-bond acceptors (Lipinski definition) is 4. The first kappa shape index (κ1) is 10.8. The zero-order chi connectivity index (χ0) is 10.7. The van der Waals surface area contributed by atoms with E-state index < -0.39 is 0 Å². The maximum absolute atomic E-state index is 4.36. The van der Waals surface area contributed by atoms with Gasteiger partial charge in [-0.3, -0.25) is 0 Å². The van der Waals surface area contributed by atoms with Crippen molar-refractivity contribution in [3.05, 3.63) is 16.4 Å². The van der Waals surface area contributed by atoms with Crippen LogP contribution in [0.1, 0.15) is 18.5 Å². The van der Waals surface area contributed by atoms with Crippen LogP contribution in [0.4, 0.5) is 5.95 Å². The van der Waals surface area contributed by atoms with Crippen molar-refractivity contribution in [2.45, 2.75) is 25.8 Å². The Morgan fingerprint density at radius 3 is 2.80 bits per heavy atom. The minimum Gasteiger partial charge on any atom is -0.351 e. The van der Waals surface area contributed by atoms with Crippen LogP contribution in [-0.4, -0.2) is 29.1 Å². The topological polar surface area (TPSA) is 49.8 Å². The van der Waals surface area contributed by atoms with E-state index in [1.165, 1.54) is 0 Å². The Balaban J connectivity index is 2.02. The SMILES string of the molecule is Cc1cc(Br)nc(NC2CCNCC2)n1. The van der Waals surface area contributed by atoms with Crippen molar-refractivity contribution in [1.29, 1.82) is 0 Å². The first-order chi connectivity index (χ1) is 7.24. The van der Waals surface area contributed by atoms with Crippen molar-refractivity contribution in [3.8, 4) is 0 Å². The fourth-order valence-corrected chi connectivity index (χ4v) is 2.24. The van der Waals surface area contributed by atoms with Crippen molar-refractivity contribution >= 4 is 21.9 Å². The van der Waals surface area contributed by atoms with E-state index in [9.17, 15) is 0 Å². The highest BCUT2D eigenvalue weighted by atomic mass is 79.9. The summed E-state index contributed by atoms with van der Waals surface area (Å²) in [5.74, 6) is 0.730. The van der Waals surface area contributed by atoms with E-state index in [2.05, 4.69) is 36.5 Å². The summed E-state index contributed by atoms with van der Waals surface area (Å²) in [7, 11) is 0. The van der Waals surface area contributed by atoms with Gasteiger partial charge in [0.05, 0.1) is 0 Å². The highest BCUT2D eigenvalue weighted by Crippen LogP contribution is 2.13. The molecule has 0 atom stereocenters. The first-order valence-corrected chi connectivity index (χ1v) is 6.02. The van der Waals surface area contributed by atoms with Gasteiger partial charge in [-0.25, -0.2) is 9.97 Å². The standard InChI is InChI=1S/C10H15BrN4/c1-7-6-9(11)15-10(13-7)14-8-2-4-12-5-3-8/h6,8,12H,2-5H2,1H3,(H,13,14,15). The minimum atomic E-state index is 0.500. The number of halogens is 1. The van der Waals surface area contributed by atoms with E-state index in [1.807, 2.05) is 13.0 Å². The lowest BCUT2D eigenvalue weighted by Crippen LogP contribution is -2.35. The Labute approximate surface area is 98.0 Å². The molecule has 0 bridgehead atoms. The molecule has 5 heteroatoms. The third-order valence-corrected chi connectivity index (χ3v) is 2.90. The van der Waals surface area contributed by atoms with Crippen LogP contribution in [0.15, 0.2) is 10.7 Å². The van der Waals surface area contributed by atoms with Gasteiger partial charge >= 0.3 is 0 Å². The van der Waals surface area contributed by atoms with Crippen molar-refractivity contribution < 1.29 is 0 Å². The molecule has 0 saturated carbocycles. The summed E-state index contributed by atoms with van der Waals surface area (Å²) in [4.78, 5) is 8.66. The predicted molar refractivity (Wildman–Crippen MR) is 64.0 cm³/mol. The molecule has 1 aliphatic heterocycles. The summed E-state index contributed by atoms with van der Waals surface area (Å²) in [6, 6.07) is 2.41. The maximum atomic E-state index is 4.36. The van der Waals surface area contributed by atoms with Gasteiger partial charge in [0.1, 0.15) is 4.60 Å². The molecular weight excluding hydrogens is 256 g/mol. The molecule has 0 aromatic carbocycles. The molecular formula is C10H15BrN4. The van der Waals surface area contributed by atoms with Gasteiger partial charge in [-0.1, -0.05) is 0 Å². The summed E-state index contributed by atoms with van der Waals surface area (Å²) >= 11 is 3.37. The molecule has 0 amide bonds. The molecule has 0 radical (unpaired) electrons. The average Bonchev–Trinajstić information content (AvgIpc) is 2.17. The number of aromatic nitrogens is 2. The minimum absolute atomic E-state index is 0.500. The number of rotatable bonds is 2. The Kier molecular flexibility index (Phi) is 3.53. The summed E-state index contributed by atoms with van der Waals surface area (Å²) in [5, 5.41) is 6.70. The van der Waals surface area contributed by atoms with Gasteiger partial charge in [0.15, 0.2) is 0 Å². The highest BCUT2D eigenvalue weighted by Gasteiger charge is 2.13. The normalized spacial score (nSPS) is 17.7.